The van der Waals surface area contributed by atoms with E-state index in [9.17, 15) is 4.79 Å². The summed E-state index contributed by atoms with van der Waals surface area (Å²) in [6, 6.07) is 5.42. The van der Waals surface area contributed by atoms with Crippen molar-refractivity contribution in [3.8, 4) is 0 Å². The van der Waals surface area contributed by atoms with E-state index in [1.807, 2.05) is 26.0 Å². The molecule has 0 radical (unpaired) electrons. The lowest BCUT2D eigenvalue weighted by molar-refractivity contribution is 0.0940. The van der Waals surface area contributed by atoms with Crippen LogP contribution in [-0.2, 0) is 0 Å². The molecule has 0 aliphatic carbocycles. The predicted octanol–water partition coefficient (Wildman–Crippen LogP) is 4.25. The van der Waals surface area contributed by atoms with Gasteiger partial charge in [-0.25, -0.2) is 4.98 Å². The minimum absolute atomic E-state index is 0.0748. The average Bonchev–Trinajstić information content (AvgIpc) is 2.79. The predicted molar refractivity (Wildman–Crippen MR) is 79.2 cm³/mol. The van der Waals surface area contributed by atoms with Crippen LogP contribution in [0.15, 0.2) is 24.4 Å². The molecule has 1 amide bonds. The maximum Gasteiger partial charge on any atom is 0.253 e. The molecule has 19 heavy (non-hydrogen) atoms. The number of nitrogens with zero attached hydrogens (tertiary/aromatic N) is 1. The lowest BCUT2D eigenvalue weighted by atomic mass is 10.2. The third-order valence-electron chi connectivity index (χ3n) is 2.60. The highest BCUT2D eigenvalue weighted by Crippen LogP contribution is 2.24. The van der Waals surface area contributed by atoms with Crippen LogP contribution in [0.2, 0.25) is 10.2 Å². The molecule has 0 saturated heterocycles. The van der Waals surface area contributed by atoms with Crippen molar-refractivity contribution in [1.29, 1.82) is 0 Å². The lowest BCUT2D eigenvalue weighted by Crippen LogP contribution is -2.26. The number of nitrogens with one attached hydrogen (secondary N) is 1. The molecule has 0 fully saturated rings. The second-order valence-corrected chi connectivity index (χ2v) is 6.24. The molecule has 1 atom stereocenters. The second-order valence-electron chi connectivity index (χ2n) is 4.13. The fourth-order valence-corrected chi connectivity index (χ4v) is 2.85. The molecule has 0 aliphatic heterocycles. The number of pyridine rings is 1. The maximum absolute atomic E-state index is 12.1. The Hall–Kier alpha value is -1.10. The molecule has 0 saturated carbocycles. The number of carbonyl (C=O) groups is 1. The summed E-state index contributed by atoms with van der Waals surface area (Å²) in [5, 5.41) is 3.43. The molecule has 6 heteroatoms. The van der Waals surface area contributed by atoms with Gasteiger partial charge < -0.3 is 5.32 Å². The third-order valence-corrected chi connectivity index (χ3v) is 4.29. The highest BCUT2D eigenvalue weighted by Gasteiger charge is 2.16. The number of hydrogen-bond donors (Lipinski definition) is 1. The van der Waals surface area contributed by atoms with E-state index in [1.54, 1.807) is 11.3 Å². The maximum atomic E-state index is 12.1. The highest BCUT2D eigenvalue weighted by molar-refractivity contribution is 7.12. The van der Waals surface area contributed by atoms with Crippen molar-refractivity contribution in [1.82, 2.24) is 10.3 Å². The van der Waals surface area contributed by atoms with Gasteiger partial charge in [0.15, 0.2) is 0 Å². The monoisotopic (exact) mass is 314 g/mol. The van der Waals surface area contributed by atoms with E-state index in [-0.39, 0.29) is 22.1 Å². The van der Waals surface area contributed by atoms with Gasteiger partial charge in [0.1, 0.15) is 5.15 Å². The van der Waals surface area contributed by atoms with E-state index in [1.165, 1.54) is 17.1 Å². The molecule has 3 nitrogen and oxygen atoms in total. The van der Waals surface area contributed by atoms with Crippen LogP contribution < -0.4 is 5.32 Å². The van der Waals surface area contributed by atoms with E-state index >= 15 is 0 Å². The van der Waals surface area contributed by atoms with E-state index in [4.69, 9.17) is 23.2 Å². The van der Waals surface area contributed by atoms with Crippen LogP contribution in [0.1, 0.15) is 33.1 Å². The number of thiophene rings is 1. The molecular weight excluding hydrogens is 303 g/mol. The molecular formula is C13H12Cl2N2OS. The molecule has 100 valence electrons. The summed E-state index contributed by atoms with van der Waals surface area (Å²) < 4.78 is 0. The summed E-state index contributed by atoms with van der Waals surface area (Å²) in [6.45, 7) is 3.96. The average molecular weight is 315 g/mol. The van der Waals surface area contributed by atoms with Gasteiger partial charge in [0.05, 0.1) is 16.6 Å². The van der Waals surface area contributed by atoms with Crippen LogP contribution in [0, 0.1) is 6.92 Å². The first-order valence-electron chi connectivity index (χ1n) is 5.65. The Morgan fingerprint density at radius 1 is 1.42 bits per heavy atom. The van der Waals surface area contributed by atoms with Gasteiger partial charge in [0.2, 0.25) is 0 Å². The summed E-state index contributed by atoms with van der Waals surface area (Å²) in [7, 11) is 0. The Morgan fingerprint density at radius 3 is 2.79 bits per heavy atom. The lowest BCUT2D eigenvalue weighted by Gasteiger charge is -2.13. The zero-order valence-corrected chi connectivity index (χ0v) is 12.7. The van der Waals surface area contributed by atoms with Crippen molar-refractivity contribution in [2.45, 2.75) is 19.9 Å². The molecule has 0 bridgehead atoms. The Labute approximate surface area is 125 Å². The largest absolute Gasteiger partial charge is 0.345 e. The van der Waals surface area contributed by atoms with Crippen molar-refractivity contribution >= 4 is 40.4 Å². The third kappa shape index (κ3) is 3.47. The van der Waals surface area contributed by atoms with Gasteiger partial charge in [0, 0.05) is 16.0 Å². The number of rotatable bonds is 3. The number of aryl methyl sites for hydroxylation is 1. The van der Waals surface area contributed by atoms with Crippen molar-refractivity contribution in [3.63, 3.8) is 0 Å². The minimum atomic E-state index is -0.257. The number of hydrogen-bond acceptors (Lipinski definition) is 3. The van der Waals surface area contributed by atoms with E-state index in [0.717, 1.165) is 4.88 Å². The van der Waals surface area contributed by atoms with Gasteiger partial charge in [-0.1, -0.05) is 23.2 Å². The van der Waals surface area contributed by atoms with Crippen LogP contribution >= 0.6 is 34.5 Å². The molecule has 2 aromatic rings. The van der Waals surface area contributed by atoms with Crippen molar-refractivity contribution in [3.05, 3.63) is 49.9 Å². The molecule has 0 aromatic carbocycles. The van der Waals surface area contributed by atoms with Crippen molar-refractivity contribution < 1.29 is 4.79 Å². The Kier molecular flexibility index (Phi) is 4.45. The number of halogens is 2. The molecule has 1 unspecified atom stereocenters. The molecule has 2 heterocycles. The van der Waals surface area contributed by atoms with Gasteiger partial charge in [-0.05, 0) is 32.0 Å². The Bertz CT molecular complexity index is 612. The summed E-state index contributed by atoms with van der Waals surface area (Å²) in [5.41, 5.74) is 0.335. The van der Waals surface area contributed by atoms with Crippen molar-refractivity contribution in [2.24, 2.45) is 0 Å². The molecule has 1 N–H and O–H groups in total. The normalized spacial score (nSPS) is 12.2. The Morgan fingerprint density at radius 2 is 2.16 bits per heavy atom. The van der Waals surface area contributed by atoms with Crippen LogP contribution in [0.5, 0.6) is 0 Å². The fourth-order valence-electron chi connectivity index (χ4n) is 1.62. The number of aromatic nitrogens is 1. The first-order valence-corrected chi connectivity index (χ1v) is 7.23. The summed E-state index contributed by atoms with van der Waals surface area (Å²) >= 11 is 13.4. The second kappa shape index (κ2) is 5.90. The topological polar surface area (TPSA) is 42.0 Å². The molecule has 0 aliphatic rings. The highest BCUT2D eigenvalue weighted by atomic mass is 35.5. The smallest absolute Gasteiger partial charge is 0.253 e. The standard InChI is InChI=1S/C13H12Cl2N2OS/c1-7-3-4-11(19-7)8(2)17-13(18)9-5-12(15)16-6-10(9)14/h3-6,8H,1-2H3,(H,17,18). The van der Waals surface area contributed by atoms with E-state index in [2.05, 4.69) is 10.3 Å². The van der Waals surface area contributed by atoms with Crippen LogP contribution in [0.3, 0.4) is 0 Å². The minimum Gasteiger partial charge on any atom is -0.345 e. The zero-order chi connectivity index (χ0) is 14.0. The first kappa shape index (κ1) is 14.3. The van der Waals surface area contributed by atoms with Gasteiger partial charge in [-0.15, -0.1) is 11.3 Å². The van der Waals surface area contributed by atoms with Gasteiger partial charge in [0.25, 0.3) is 5.91 Å². The number of amides is 1. The SMILES string of the molecule is Cc1ccc(C(C)NC(=O)c2cc(Cl)ncc2Cl)s1. The number of carbonyl (C=O) groups excluding carboxylic acids is 1. The Balaban J connectivity index is 2.15. The first-order chi connectivity index (χ1) is 8.97. The molecule has 0 spiro atoms. The summed E-state index contributed by atoms with van der Waals surface area (Å²) in [6.07, 6.45) is 1.37. The van der Waals surface area contributed by atoms with E-state index in [0.29, 0.717) is 5.56 Å². The van der Waals surface area contributed by atoms with Crippen molar-refractivity contribution in [2.75, 3.05) is 0 Å². The van der Waals surface area contributed by atoms with E-state index < -0.39 is 0 Å². The van der Waals surface area contributed by atoms with Crippen LogP contribution in [0.4, 0.5) is 0 Å². The van der Waals surface area contributed by atoms with Gasteiger partial charge in [-0.3, -0.25) is 4.79 Å². The zero-order valence-electron chi connectivity index (χ0n) is 10.4. The molecule has 2 aromatic heterocycles. The van der Waals surface area contributed by atoms with Gasteiger partial charge in [-0.2, -0.15) is 0 Å². The van der Waals surface area contributed by atoms with Crippen LogP contribution in [-0.4, -0.2) is 10.9 Å². The summed E-state index contributed by atoms with van der Waals surface area (Å²) in [5.74, 6) is -0.257. The fraction of sp³-hybridized carbons (Fsp3) is 0.231. The van der Waals surface area contributed by atoms with Gasteiger partial charge >= 0.3 is 0 Å². The van der Waals surface area contributed by atoms with Crippen LogP contribution in [0.25, 0.3) is 0 Å². The molecule has 2 rings (SSSR count). The summed E-state index contributed by atoms with van der Waals surface area (Å²) in [4.78, 5) is 18.3. The quantitative estimate of drug-likeness (QED) is 0.860.